The molecule has 3 heterocycles. The number of nitrogens with one attached hydrogen (secondary N) is 3. The van der Waals surface area contributed by atoms with Crippen LogP contribution in [0, 0.1) is 0 Å². The lowest BCUT2D eigenvalue weighted by atomic mass is 10.1. The smallest absolute Gasteiger partial charge is 0.271 e. The Kier molecular flexibility index (Phi) is 5.12. The molecule has 26 heavy (non-hydrogen) atoms. The zero-order valence-corrected chi connectivity index (χ0v) is 14.2. The van der Waals surface area contributed by atoms with Crippen molar-refractivity contribution in [2.24, 2.45) is 0 Å². The molecule has 2 aromatic rings. The molecule has 1 saturated heterocycles. The summed E-state index contributed by atoms with van der Waals surface area (Å²) in [4.78, 5) is 43.4. The van der Waals surface area contributed by atoms with Crippen LogP contribution in [0.2, 0.25) is 0 Å². The van der Waals surface area contributed by atoms with Crippen LogP contribution in [0.4, 0.5) is 5.69 Å². The minimum Gasteiger partial charge on any atom is -0.374 e. The van der Waals surface area contributed by atoms with Crippen molar-refractivity contribution in [1.29, 1.82) is 0 Å². The molecule has 3 N–H and O–H groups in total. The Hall–Kier alpha value is -3.42. The maximum atomic E-state index is 12.0. The average molecular weight is 353 g/mol. The molecule has 1 fully saturated rings. The summed E-state index contributed by atoms with van der Waals surface area (Å²) in [7, 11) is 1.50. The number of H-pyrrole nitrogens is 1. The maximum Gasteiger partial charge on any atom is 0.271 e. The molecular weight excluding hydrogens is 334 g/mol. The van der Waals surface area contributed by atoms with Crippen molar-refractivity contribution in [3.63, 3.8) is 0 Å². The molecule has 0 unspecified atom stereocenters. The molecule has 0 aliphatic carbocycles. The number of anilines is 1. The molecule has 8 nitrogen and oxygen atoms in total. The van der Waals surface area contributed by atoms with Crippen LogP contribution in [0.15, 0.2) is 53.7 Å². The van der Waals surface area contributed by atoms with Gasteiger partial charge < -0.3 is 20.5 Å². The van der Waals surface area contributed by atoms with Gasteiger partial charge in [0.05, 0.1) is 6.04 Å². The summed E-state index contributed by atoms with van der Waals surface area (Å²) in [6.45, 7) is 0.936. The Bertz CT molecular complexity index is 885. The SMILES string of the molecule is CNC(=O)C=CC(=O)N1CC(Nc2cc(-c3ccncc3)c[nH]c2=O)C1. The monoisotopic (exact) mass is 353 g/mol. The van der Waals surface area contributed by atoms with E-state index >= 15 is 0 Å². The van der Waals surface area contributed by atoms with Crippen molar-refractivity contribution in [2.45, 2.75) is 6.04 Å². The Morgan fingerprint density at radius 2 is 1.96 bits per heavy atom. The largest absolute Gasteiger partial charge is 0.374 e. The highest BCUT2D eigenvalue weighted by Gasteiger charge is 2.29. The molecule has 0 atom stereocenters. The van der Waals surface area contributed by atoms with Gasteiger partial charge in [0, 0.05) is 56.4 Å². The van der Waals surface area contributed by atoms with Crippen LogP contribution in [0.25, 0.3) is 11.1 Å². The molecule has 2 aromatic heterocycles. The Morgan fingerprint density at radius 1 is 1.23 bits per heavy atom. The fourth-order valence-electron chi connectivity index (χ4n) is 2.61. The summed E-state index contributed by atoms with van der Waals surface area (Å²) in [5, 5.41) is 5.57. The minimum absolute atomic E-state index is 0.0128. The number of nitrogens with zero attached hydrogens (tertiary/aromatic N) is 2. The lowest BCUT2D eigenvalue weighted by Gasteiger charge is -2.39. The van der Waals surface area contributed by atoms with Crippen molar-refractivity contribution >= 4 is 17.5 Å². The van der Waals surface area contributed by atoms with Crippen molar-refractivity contribution in [1.82, 2.24) is 20.2 Å². The zero-order valence-electron chi connectivity index (χ0n) is 14.2. The normalized spacial score (nSPS) is 14.1. The van der Waals surface area contributed by atoms with Crippen molar-refractivity contribution in [3.05, 3.63) is 59.3 Å². The number of hydrogen-bond donors (Lipinski definition) is 3. The van der Waals surface area contributed by atoms with Crippen LogP contribution in [0.3, 0.4) is 0 Å². The fraction of sp³-hybridized carbons (Fsp3) is 0.222. The van der Waals surface area contributed by atoms with Crippen LogP contribution in [-0.4, -0.2) is 52.9 Å². The van der Waals surface area contributed by atoms with Crippen molar-refractivity contribution < 1.29 is 9.59 Å². The summed E-state index contributed by atoms with van der Waals surface area (Å²) in [5.74, 6) is -0.556. The van der Waals surface area contributed by atoms with E-state index in [0.29, 0.717) is 18.8 Å². The number of likely N-dealkylation sites (N-methyl/N-ethyl adjacent to an activating group) is 1. The quantitative estimate of drug-likeness (QED) is 0.673. The second kappa shape index (κ2) is 7.64. The molecule has 0 radical (unpaired) electrons. The summed E-state index contributed by atoms with van der Waals surface area (Å²) in [6.07, 6.45) is 7.48. The van der Waals surface area contributed by atoms with Gasteiger partial charge in [0.15, 0.2) is 0 Å². The first kappa shape index (κ1) is 17.4. The first-order chi connectivity index (χ1) is 12.6. The Morgan fingerprint density at radius 3 is 2.65 bits per heavy atom. The van der Waals surface area contributed by atoms with E-state index in [9.17, 15) is 14.4 Å². The van der Waals surface area contributed by atoms with Crippen LogP contribution < -0.4 is 16.2 Å². The predicted octanol–water partition coefficient (Wildman–Crippen LogP) is 0.362. The second-order valence-corrected chi connectivity index (χ2v) is 5.90. The molecule has 2 amide bonds. The van der Waals surface area contributed by atoms with Gasteiger partial charge >= 0.3 is 0 Å². The topological polar surface area (TPSA) is 107 Å². The number of aromatic nitrogens is 2. The van der Waals surface area contributed by atoms with E-state index < -0.39 is 0 Å². The van der Waals surface area contributed by atoms with Gasteiger partial charge in [0.25, 0.3) is 5.56 Å². The first-order valence-electron chi connectivity index (χ1n) is 8.15. The van der Waals surface area contributed by atoms with Gasteiger partial charge in [-0.1, -0.05) is 0 Å². The number of carbonyl (C=O) groups excluding carboxylic acids is 2. The van der Waals surface area contributed by atoms with E-state index in [-0.39, 0.29) is 23.4 Å². The number of hydrogen-bond acceptors (Lipinski definition) is 5. The van der Waals surface area contributed by atoms with Gasteiger partial charge in [-0.2, -0.15) is 0 Å². The molecule has 134 valence electrons. The number of amides is 2. The summed E-state index contributed by atoms with van der Waals surface area (Å²) in [6, 6.07) is 5.49. The predicted molar refractivity (Wildman–Crippen MR) is 97.5 cm³/mol. The highest BCUT2D eigenvalue weighted by molar-refractivity contribution is 5.96. The number of rotatable bonds is 5. The van der Waals surface area contributed by atoms with E-state index in [0.717, 1.165) is 11.1 Å². The van der Waals surface area contributed by atoms with Gasteiger partial charge in [0.2, 0.25) is 11.8 Å². The fourth-order valence-corrected chi connectivity index (χ4v) is 2.61. The van der Waals surface area contributed by atoms with E-state index in [1.165, 1.54) is 19.2 Å². The Balaban J connectivity index is 1.61. The van der Waals surface area contributed by atoms with Crippen LogP contribution in [-0.2, 0) is 9.59 Å². The average Bonchev–Trinajstić information content (AvgIpc) is 2.64. The van der Waals surface area contributed by atoms with E-state index in [2.05, 4.69) is 20.6 Å². The zero-order chi connectivity index (χ0) is 18.5. The van der Waals surface area contributed by atoms with Crippen LogP contribution in [0.5, 0.6) is 0 Å². The lowest BCUT2D eigenvalue weighted by molar-refractivity contribution is -0.130. The molecule has 0 aromatic carbocycles. The summed E-state index contributed by atoms with van der Waals surface area (Å²) in [5.41, 5.74) is 2.06. The number of pyridine rings is 2. The standard InChI is InChI=1S/C18H19N5O3/c1-19-16(24)2-3-17(25)23-10-14(11-23)22-15-8-13(9-21-18(15)26)12-4-6-20-7-5-12/h2-9,14,22H,10-11H2,1H3,(H,19,24)(H,21,26). The van der Waals surface area contributed by atoms with Gasteiger partial charge in [0.1, 0.15) is 5.69 Å². The molecule has 0 saturated carbocycles. The molecule has 1 aliphatic rings. The first-order valence-corrected chi connectivity index (χ1v) is 8.15. The number of carbonyl (C=O) groups is 2. The van der Waals surface area contributed by atoms with Gasteiger partial charge in [-0.15, -0.1) is 0 Å². The third-order valence-electron chi connectivity index (χ3n) is 4.09. The lowest BCUT2D eigenvalue weighted by Crippen LogP contribution is -2.57. The van der Waals surface area contributed by atoms with Crippen molar-refractivity contribution in [2.75, 3.05) is 25.5 Å². The molecular formula is C18H19N5O3. The van der Waals surface area contributed by atoms with Gasteiger partial charge in [-0.3, -0.25) is 19.4 Å². The highest BCUT2D eigenvalue weighted by Crippen LogP contribution is 2.20. The molecule has 3 rings (SSSR count). The number of likely N-dealkylation sites (tertiary alicyclic amines) is 1. The summed E-state index contributed by atoms with van der Waals surface area (Å²) < 4.78 is 0. The molecule has 0 spiro atoms. The molecule has 1 aliphatic heterocycles. The summed E-state index contributed by atoms with van der Waals surface area (Å²) >= 11 is 0. The van der Waals surface area contributed by atoms with Gasteiger partial charge in [-0.05, 0) is 23.8 Å². The van der Waals surface area contributed by atoms with Gasteiger partial charge in [-0.25, -0.2) is 0 Å². The molecule has 0 bridgehead atoms. The molecule has 8 heteroatoms. The number of aromatic amines is 1. The van der Waals surface area contributed by atoms with E-state index in [1.54, 1.807) is 29.6 Å². The van der Waals surface area contributed by atoms with Crippen LogP contribution in [0.1, 0.15) is 0 Å². The van der Waals surface area contributed by atoms with Crippen molar-refractivity contribution in [3.8, 4) is 11.1 Å². The maximum absolute atomic E-state index is 12.0. The van der Waals surface area contributed by atoms with E-state index in [1.807, 2.05) is 12.1 Å². The second-order valence-electron chi connectivity index (χ2n) is 5.90. The minimum atomic E-state index is -0.326. The highest BCUT2D eigenvalue weighted by atomic mass is 16.2. The third-order valence-corrected chi connectivity index (χ3v) is 4.09. The Labute approximate surface area is 149 Å². The third kappa shape index (κ3) is 3.97. The van der Waals surface area contributed by atoms with Crippen LogP contribution >= 0.6 is 0 Å². The van der Waals surface area contributed by atoms with E-state index in [4.69, 9.17) is 0 Å².